The third kappa shape index (κ3) is 2.65. The normalized spacial score (nSPS) is 13.9. The molecular formula is C15H14BrFO2. The molecule has 4 heteroatoms. The van der Waals surface area contributed by atoms with E-state index in [2.05, 4.69) is 15.9 Å². The van der Waals surface area contributed by atoms with Gasteiger partial charge in [0.25, 0.3) is 0 Å². The molecule has 2 aromatic carbocycles. The van der Waals surface area contributed by atoms with Gasteiger partial charge in [-0.2, -0.15) is 0 Å². The van der Waals surface area contributed by atoms with Crippen molar-refractivity contribution in [1.82, 2.24) is 0 Å². The van der Waals surface area contributed by atoms with Crippen LogP contribution >= 0.6 is 15.9 Å². The van der Waals surface area contributed by atoms with Crippen LogP contribution in [-0.4, -0.2) is 12.2 Å². The summed E-state index contributed by atoms with van der Waals surface area (Å²) in [5.41, 5.74) is -0.601. The first kappa shape index (κ1) is 14.0. The molecule has 0 saturated carbocycles. The number of rotatable bonds is 3. The Bertz CT molecular complexity index is 596. The second-order valence-electron chi connectivity index (χ2n) is 4.40. The molecule has 0 spiro atoms. The van der Waals surface area contributed by atoms with Gasteiger partial charge in [-0.15, -0.1) is 0 Å². The average Bonchev–Trinajstić information content (AvgIpc) is 2.38. The molecule has 1 atom stereocenters. The Hall–Kier alpha value is -1.39. The maximum absolute atomic E-state index is 14.1. The molecule has 2 rings (SSSR count). The van der Waals surface area contributed by atoms with E-state index in [4.69, 9.17) is 4.74 Å². The minimum Gasteiger partial charge on any atom is -0.497 e. The molecule has 0 aliphatic rings. The molecule has 0 fully saturated rings. The highest BCUT2D eigenvalue weighted by Gasteiger charge is 2.30. The molecule has 0 radical (unpaired) electrons. The number of hydrogen-bond acceptors (Lipinski definition) is 2. The van der Waals surface area contributed by atoms with Crippen molar-refractivity contribution < 1.29 is 14.2 Å². The van der Waals surface area contributed by atoms with Crippen molar-refractivity contribution in [3.63, 3.8) is 0 Å². The van der Waals surface area contributed by atoms with Crippen LogP contribution in [0.4, 0.5) is 4.39 Å². The van der Waals surface area contributed by atoms with Crippen LogP contribution in [0, 0.1) is 5.82 Å². The first-order chi connectivity index (χ1) is 8.96. The fourth-order valence-corrected chi connectivity index (χ4v) is 2.69. The molecular weight excluding hydrogens is 311 g/mol. The summed E-state index contributed by atoms with van der Waals surface area (Å²) in [6, 6.07) is 11.6. The zero-order chi connectivity index (χ0) is 14.0. The third-order valence-electron chi connectivity index (χ3n) is 3.10. The highest BCUT2D eigenvalue weighted by atomic mass is 79.9. The highest BCUT2D eigenvalue weighted by Crippen LogP contribution is 2.36. The first-order valence-electron chi connectivity index (χ1n) is 5.78. The molecule has 0 amide bonds. The predicted molar refractivity (Wildman–Crippen MR) is 75.8 cm³/mol. The second kappa shape index (κ2) is 5.31. The van der Waals surface area contributed by atoms with E-state index in [9.17, 15) is 9.50 Å². The Morgan fingerprint density at radius 3 is 2.42 bits per heavy atom. The summed E-state index contributed by atoms with van der Waals surface area (Å²) in [7, 11) is 1.47. The van der Waals surface area contributed by atoms with Crippen molar-refractivity contribution in [2.45, 2.75) is 12.5 Å². The lowest BCUT2D eigenvalue weighted by molar-refractivity contribution is 0.0971. The Morgan fingerprint density at radius 2 is 1.84 bits per heavy atom. The number of benzene rings is 2. The smallest absolute Gasteiger partial charge is 0.133 e. The lowest BCUT2D eigenvalue weighted by atomic mass is 9.88. The van der Waals surface area contributed by atoms with Gasteiger partial charge in [0.15, 0.2) is 0 Å². The summed E-state index contributed by atoms with van der Waals surface area (Å²) < 4.78 is 19.8. The van der Waals surface area contributed by atoms with Crippen molar-refractivity contribution in [1.29, 1.82) is 0 Å². The van der Waals surface area contributed by atoms with E-state index in [-0.39, 0.29) is 5.56 Å². The van der Waals surface area contributed by atoms with Crippen LogP contribution in [0.3, 0.4) is 0 Å². The van der Waals surface area contributed by atoms with Gasteiger partial charge in [0.05, 0.1) is 7.11 Å². The van der Waals surface area contributed by atoms with Gasteiger partial charge < -0.3 is 9.84 Å². The summed E-state index contributed by atoms with van der Waals surface area (Å²) in [5.74, 6) is -0.0794. The van der Waals surface area contributed by atoms with E-state index in [1.807, 2.05) is 12.1 Å². The van der Waals surface area contributed by atoms with Crippen LogP contribution in [0.5, 0.6) is 5.75 Å². The summed E-state index contributed by atoms with van der Waals surface area (Å²) in [6.07, 6.45) is 0. The topological polar surface area (TPSA) is 29.5 Å². The molecule has 0 aromatic heterocycles. The molecule has 0 aliphatic carbocycles. The fraction of sp³-hybridized carbons (Fsp3) is 0.200. The van der Waals surface area contributed by atoms with Gasteiger partial charge >= 0.3 is 0 Å². The number of methoxy groups -OCH3 is 1. The molecule has 2 nitrogen and oxygen atoms in total. The lowest BCUT2D eigenvalue weighted by Crippen LogP contribution is -2.24. The van der Waals surface area contributed by atoms with Gasteiger partial charge in [-0.1, -0.05) is 34.1 Å². The quantitative estimate of drug-likeness (QED) is 0.929. The summed E-state index contributed by atoms with van der Waals surface area (Å²) >= 11 is 3.37. The van der Waals surface area contributed by atoms with Crippen LogP contribution in [0.15, 0.2) is 46.9 Å². The molecule has 1 unspecified atom stereocenters. The van der Waals surface area contributed by atoms with Crippen LogP contribution in [0.25, 0.3) is 0 Å². The van der Waals surface area contributed by atoms with E-state index in [0.717, 1.165) is 4.47 Å². The molecule has 19 heavy (non-hydrogen) atoms. The van der Waals surface area contributed by atoms with E-state index < -0.39 is 11.4 Å². The standard InChI is InChI=1S/C15H14BrFO2/c1-15(18,11-5-3-4-6-13(11)16)12-8-7-10(19-2)9-14(12)17/h3-9,18H,1-2H3. The van der Waals surface area contributed by atoms with Crippen molar-refractivity contribution in [2.24, 2.45) is 0 Å². The summed E-state index contributed by atoms with van der Waals surface area (Å²) in [6.45, 7) is 1.57. The van der Waals surface area contributed by atoms with E-state index in [0.29, 0.717) is 11.3 Å². The summed E-state index contributed by atoms with van der Waals surface area (Å²) in [5, 5.41) is 10.7. The molecule has 2 aromatic rings. The lowest BCUT2D eigenvalue weighted by Gasteiger charge is -2.26. The molecule has 0 aliphatic heterocycles. The maximum atomic E-state index is 14.1. The molecule has 1 N–H and O–H groups in total. The predicted octanol–water partition coefficient (Wildman–Crippen LogP) is 3.85. The van der Waals surface area contributed by atoms with Gasteiger partial charge in [0.2, 0.25) is 0 Å². The molecule has 0 bridgehead atoms. The van der Waals surface area contributed by atoms with Gasteiger partial charge in [0.1, 0.15) is 17.2 Å². The van der Waals surface area contributed by atoms with Gasteiger partial charge in [-0.25, -0.2) is 4.39 Å². The Morgan fingerprint density at radius 1 is 1.16 bits per heavy atom. The van der Waals surface area contributed by atoms with Crippen LogP contribution in [0.1, 0.15) is 18.1 Å². The minimum absolute atomic E-state index is 0.209. The van der Waals surface area contributed by atoms with E-state index >= 15 is 0 Å². The maximum Gasteiger partial charge on any atom is 0.133 e. The van der Waals surface area contributed by atoms with Crippen molar-refractivity contribution in [2.75, 3.05) is 7.11 Å². The van der Waals surface area contributed by atoms with Gasteiger partial charge in [-0.05, 0) is 25.1 Å². The monoisotopic (exact) mass is 324 g/mol. The van der Waals surface area contributed by atoms with Crippen molar-refractivity contribution in [3.05, 3.63) is 63.9 Å². The first-order valence-corrected chi connectivity index (χ1v) is 6.57. The zero-order valence-electron chi connectivity index (χ0n) is 10.7. The van der Waals surface area contributed by atoms with Crippen molar-refractivity contribution in [3.8, 4) is 5.75 Å². The second-order valence-corrected chi connectivity index (χ2v) is 5.25. The Labute approximate surface area is 120 Å². The minimum atomic E-state index is -1.42. The van der Waals surface area contributed by atoms with E-state index in [1.54, 1.807) is 25.1 Å². The average molecular weight is 325 g/mol. The van der Waals surface area contributed by atoms with Gasteiger partial charge in [-0.3, -0.25) is 0 Å². The molecule has 0 heterocycles. The highest BCUT2D eigenvalue weighted by molar-refractivity contribution is 9.10. The van der Waals surface area contributed by atoms with E-state index in [1.165, 1.54) is 19.2 Å². The van der Waals surface area contributed by atoms with Crippen molar-refractivity contribution >= 4 is 15.9 Å². The zero-order valence-corrected chi connectivity index (χ0v) is 12.2. The Kier molecular flexibility index (Phi) is 3.92. The molecule has 0 saturated heterocycles. The number of halogens is 2. The Balaban J connectivity index is 2.53. The van der Waals surface area contributed by atoms with Crippen LogP contribution < -0.4 is 4.74 Å². The number of aliphatic hydroxyl groups is 1. The van der Waals surface area contributed by atoms with Crippen LogP contribution in [0.2, 0.25) is 0 Å². The summed E-state index contributed by atoms with van der Waals surface area (Å²) in [4.78, 5) is 0. The molecule has 100 valence electrons. The van der Waals surface area contributed by atoms with Crippen LogP contribution in [-0.2, 0) is 5.60 Å². The number of ether oxygens (including phenoxy) is 1. The number of hydrogen-bond donors (Lipinski definition) is 1. The van der Waals surface area contributed by atoms with Gasteiger partial charge in [0, 0.05) is 21.7 Å². The SMILES string of the molecule is COc1ccc(C(C)(O)c2ccccc2Br)c(F)c1. The third-order valence-corrected chi connectivity index (χ3v) is 3.79. The largest absolute Gasteiger partial charge is 0.497 e. The fourth-order valence-electron chi connectivity index (χ4n) is 2.02.